The molecule has 1 nitrogen and oxygen atoms in total. The lowest BCUT2D eigenvalue weighted by Gasteiger charge is -2.32. The molecule has 0 saturated carbocycles. The molecule has 3 aliphatic rings. The van der Waals surface area contributed by atoms with E-state index in [2.05, 4.69) is 195 Å². The summed E-state index contributed by atoms with van der Waals surface area (Å²) in [6.45, 7) is 4.77. The van der Waals surface area contributed by atoms with Gasteiger partial charge in [0, 0.05) is 22.5 Å². The van der Waals surface area contributed by atoms with Crippen LogP contribution >= 0.6 is 0 Å². The molecule has 1 heteroatoms. The molecule has 0 aliphatic heterocycles. The minimum absolute atomic E-state index is 0.101. The molecule has 240 valence electrons. The molecule has 8 aromatic rings. The second-order valence-corrected chi connectivity index (χ2v) is 14.9. The predicted molar refractivity (Wildman–Crippen MR) is 212 cm³/mol. The Morgan fingerprint density at radius 2 is 0.804 bits per heavy atom. The minimum Gasteiger partial charge on any atom is -0.310 e. The van der Waals surface area contributed by atoms with Gasteiger partial charge in [-0.3, -0.25) is 0 Å². The van der Waals surface area contributed by atoms with E-state index in [0.29, 0.717) is 0 Å². The average Bonchev–Trinajstić information content (AvgIpc) is 3.74. The molecular weight excluding hydrogens is 615 g/mol. The third-order valence-corrected chi connectivity index (χ3v) is 12.0. The van der Waals surface area contributed by atoms with Gasteiger partial charge >= 0.3 is 0 Å². The summed E-state index contributed by atoms with van der Waals surface area (Å²) in [6.07, 6.45) is 0. The van der Waals surface area contributed by atoms with E-state index in [9.17, 15) is 0 Å². The van der Waals surface area contributed by atoms with E-state index in [1.807, 2.05) is 0 Å². The topological polar surface area (TPSA) is 3.24 Å². The lowest BCUT2D eigenvalue weighted by atomic mass is 9.70. The fourth-order valence-corrected chi connectivity index (χ4v) is 9.99. The number of anilines is 3. The summed E-state index contributed by atoms with van der Waals surface area (Å²) < 4.78 is 0. The van der Waals surface area contributed by atoms with Crippen molar-refractivity contribution in [1.29, 1.82) is 0 Å². The first-order valence-electron chi connectivity index (χ1n) is 18.0. The molecule has 1 spiro atoms. The number of hydrogen-bond acceptors (Lipinski definition) is 1. The Kier molecular flexibility index (Phi) is 5.72. The van der Waals surface area contributed by atoms with Crippen LogP contribution in [0.5, 0.6) is 0 Å². The van der Waals surface area contributed by atoms with Gasteiger partial charge in [-0.05, 0) is 114 Å². The van der Waals surface area contributed by atoms with Crippen molar-refractivity contribution in [3.05, 3.63) is 209 Å². The van der Waals surface area contributed by atoms with Gasteiger partial charge in [-0.15, -0.1) is 0 Å². The van der Waals surface area contributed by atoms with Crippen molar-refractivity contribution in [1.82, 2.24) is 0 Å². The highest BCUT2D eigenvalue weighted by Gasteiger charge is 2.51. The van der Waals surface area contributed by atoms with Gasteiger partial charge in [-0.1, -0.05) is 153 Å². The molecule has 0 heterocycles. The molecule has 0 aromatic heterocycles. The SMILES string of the molecule is CC1(C)c2ccccc2-c2ccc3ccc(N(c4ccccc4)c4ccc5c(c4)C4(c6ccccc6-c6ccccc64)c4ccccc4-5)cc3c21. The zero-order chi connectivity index (χ0) is 33.9. The van der Waals surface area contributed by atoms with Gasteiger partial charge < -0.3 is 4.90 Å². The third kappa shape index (κ3) is 3.65. The van der Waals surface area contributed by atoms with Crippen molar-refractivity contribution >= 4 is 27.8 Å². The van der Waals surface area contributed by atoms with E-state index in [4.69, 9.17) is 0 Å². The molecule has 0 fully saturated rings. The highest BCUT2D eigenvalue weighted by Crippen LogP contribution is 2.63. The molecule has 8 aromatic carbocycles. The molecule has 0 unspecified atom stereocenters. The number of fused-ring (bicyclic) bond motifs is 15. The van der Waals surface area contributed by atoms with Crippen molar-refractivity contribution in [3.63, 3.8) is 0 Å². The molecule has 0 saturated heterocycles. The average molecular weight is 650 g/mol. The molecule has 0 amide bonds. The van der Waals surface area contributed by atoms with Crippen LogP contribution in [0.15, 0.2) is 176 Å². The maximum absolute atomic E-state index is 2.49. The lowest BCUT2D eigenvalue weighted by Crippen LogP contribution is -2.26. The Bertz CT molecular complexity index is 2670. The first-order chi connectivity index (χ1) is 25.1. The van der Waals surface area contributed by atoms with Gasteiger partial charge in [0.2, 0.25) is 0 Å². The number of para-hydroxylation sites is 1. The zero-order valence-electron chi connectivity index (χ0n) is 28.7. The van der Waals surface area contributed by atoms with Crippen LogP contribution < -0.4 is 4.90 Å². The van der Waals surface area contributed by atoms with Crippen LogP contribution in [0.2, 0.25) is 0 Å². The molecule has 0 radical (unpaired) electrons. The van der Waals surface area contributed by atoms with E-state index < -0.39 is 5.41 Å². The van der Waals surface area contributed by atoms with Crippen molar-refractivity contribution in [3.8, 4) is 33.4 Å². The maximum Gasteiger partial charge on any atom is 0.0726 e. The van der Waals surface area contributed by atoms with Crippen molar-refractivity contribution in [2.45, 2.75) is 24.7 Å². The van der Waals surface area contributed by atoms with Crippen LogP contribution in [0.1, 0.15) is 47.2 Å². The fraction of sp³-hybridized carbons (Fsp3) is 0.0800. The Hall–Kier alpha value is -6.18. The highest BCUT2D eigenvalue weighted by molar-refractivity contribution is 6.01. The molecule has 0 atom stereocenters. The Morgan fingerprint density at radius 1 is 0.353 bits per heavy atom. The van der Waals surface area contributed by atoms with Gasteiger partial charge in [0.05, 0.1) is 5.41 Å². The van der Waals surface area contributed by atoms with Crippen LogP contribution in [0.4, 0.5) is 17.1 Å². The van der Waals surface area contributed by atoms with E-state index >= 15 is 0 Å². The second-order valence-electron chi connectivity index (χ2n) is 14.9. The predicted octanol–water partition coefficient (Wildman–Crippen LogP) is 13.0. The van der Waals surface area contributed by atoms with Gasteiger partial charge in [0.15, 0.2) is 0 Å². The second kappa shape index (κ2) is 10.2. The summed E-state index contributed by atoms with van der Waals surface area (Å²) in [4.78, 5) is 2.46. The monoisotopic (exact) mass is 649 g/mol. The Balaban J connectivity index is 1.17. The highest BCUT2D eigenvalue weighted by atomic mass is 15.1. The van der Waals surface area contributed by atoms with Gasteiger partial charge in [0.25, 0.3) is 0 Å². The normalized spacial score (nSPS) is 14.8. The third-order valence-electron chi connectivity index (χ3n) is 12.0. The van der Waals surface area contributed by atoms with E-state index in [1.54, 1.807) is 0 Å². The first-order valence-corrected chi connectivity index (χ1v) is 18.0. The van der Waals surface area contributed by atoms with Crippen molar-refractivity contribution < 1.29 is 0 Å². The Morgan fingerprint density at radius 3 is 1.43 bits per heavy atom. The fourth-order valence-electron chi connectivity index (χ4n) is 9.99. The smallest absolute Gasteiger partial charge is 0.0726 e. The molecule has 51 heavy (non-hydrogen) atoms. The van der Waals surface area contributed by atoms with Crippen LogP contribution in [-0.4, -0.2) is 0 Å². The lowest BCUT2D eigenvalue weighted by molar-refractivity contribution is 0.666. The van der Waals surface area contributed by atoms with E-state index in [-0.39, 0.29) is 5.41 Å². The van der Waals surface area contributed by atoms with Crippen LogP contribution in [0.25, 0.3) is 44.2 Å². The molecule has 0 bridgehead atoms. The summed E-state index contributed by atoms with van der Waals surface area (Å²) in [7, 11) is 0. The van der Waals surface area contributed by atoms with Crippen LogP contribution in [-0.2, 0) is 10.8 Å². The minimum atomic E-state index is -0.391. The van der Waals surface area contributed by atoms with Gasteiger partial charge in [-0.25, -0.2) is 0 Å². The summed E-state index contributed by atoms with van der Waals surface area (Å²) >= 11 is 0. The number of rotatable bonds is 3. The molecule has 11 rings (SSSR count). The number of hydrogen-bond donors (Lipinski definition) is 0. The van der Waals surface area contributed by atoms with Crippen molar-refractivity contribution in [2.75, 3.05) is 4.90 Å². The maximum atomic E-state index is 2.49. The standard InChI is InChI=1S/C50H35N/c1-49(2)43-20-10-6-19-39(43)41-28-25-32-24-26-34(30-42(32)48(41)49)51(33-14-4-3-5-15-33)35-27-29-40-38-18-9-13-23-46(38)50(47(40)31-35)44-21-11-7-16-36(44)37-17-8-12-22-45(37)50/h3-31H,1-2H3. The molecular formula is C50H35N. The van der Waals surface area contributed by atoms with E-state index in [0.717, 1.165) is 17.1 Å². The number of benzene rings is 8. The largest absolute Gasteiger partial charge is 0.310 e. The van der Waals surface area contributed by atoms with Crippen molar-refractivity contribution in [2.24, 2.45) is 0 Å². The van der Waals surface area contributed by atoms with Crippen LogP contribution in [0, 0.1) is 0 Å². The quantitative estimate of drug-likeness (QED) is 0.184. The number of nitrogens with zero attached hydrogens (tertiary/aromatic N) is 1. The Labute approximate surface area is 299 Å². The van der Waals surface area contributed by atoms with Gasteiger partial charge in [0.1, 0.15) is 0 Å². The van der Waals surface area contributed by atoms with E-state index in [1.165, 1.54) is 77.5 Å². The first kappa shape index (κ1) is 28.6. The molecule has 0 N–H and O–H groups in total. The summed E-state index contributed by atoms with van der Waals surface area (Å²) in [5.41, 5.74) is 19.2. The summed E-state index contributed by atoms with van der Waals surface area (Å²) in [6, 6.07) is 65.8. The van der Waals surface area contributed by atoms with Gasteiger partial charge in [-0.2, -0.15) is 0 Å². The summed E-state index contributed by atoms with van der Waals surface area (Å²) in [5.74, 6) is 0. The van der Waals surface area contributed by atoms with Crippen LogP contribution in [0.3, 0.4) is 0 Å². The zero-order valence-corrected chi connectivity index (χ0v) is 28.7. The molecule has 3 aliphatic carbocycles. The summed E-state index contributed by atoms with van der Waals surface area (Å²) in [5, 5.41) is 2.59.